The molecule has 1 atom stereocenters. The monoisotopic (exact) mass is 340 g/mol. The molecule has 128 valence electrons. The van der Waals surface area contributed by atoms with E-state index in [1.807, 2.05) is 0 Å². The lowest BCUT2D eigenvalue weighted by molar-refractivity contribution is 0.0918. The lowest BCUT2D eigenvalue weighted by Gasteiger charge is -2.13. The van der Waals surface area contributed by atoms with Gasteiger partial charge in [-0.3, -0.25) is 9.59 Å². The van der Waals surface area contributed by atoms with Crippen molar-refractivity contribution in [1.29, 1.82) is 0 Å². The number of ketones is 1. The molecule has 1 N–H and O–H groups in total. The fourth-order valence-electron chi connectivity index (χ4n) is 2.57. The molecule has 25 heavy (non-hydrogen) atoms. The van der Waals surface area contributed by atoms with Gasteiger partial charge >= 0.3 is 0 Å². The summed E-state index contributed by atoms with van der Waals surface area (Å²) in [5.74, 6) is -0.832. The molecule has 0 aliphatic carbocycles. The van der Waals surface area contributed by atoms with Gasteiger partial charge < -0.3 is 5.32 Å². The first kappa shape index (κ1) is 16.8. The Morgan fingerprint density at radius 1 is 1.16 bits per heavy atom. The van der Waals surface area contributed by atoms with Crippen LogP contribution >= 0.6 is 0 Å². The largest absolute Gasteiger partial charge is 0.349 e. The van der Waals surface area contributed by atoms with Gasteiger partial charge in [0.25, 0.3) is 5.91 Å². The topological polar surface area (TPSA) is 76.9 Å². The zero-order valence-electron chi connectivity index (χ0n) is 13.9. The Hall–Kier alpha value is -3.09. The van der Waals surface area contributed by atoms with Gasteiger partial charge in [0.2, 0.25) is 0 Å². The number of hydrogen-bond acceptors (Lipinski definition) is 4. The molecule has 7 heteroatoms. The van der Waals surface area contributed by atoms with E-state index in [-0.39, 0.29) is 24.2 Å². The van der Waals surface area contributed by atoms with E-state index in [4.69, 9.17) is 0 Å². The van der Waals surface area contributed by atoms with Crippen LogP contribution in [-0.4, -0.2) is 32.7 Å². The molecule has 1 heterocycles. The quantitative estimate of drug-likeness (QED) is 0.724. The summed E-state index contributed by atoms with van der Waals surface area (Å²) in [5, 5.41) is 10.7. The van der Waals surface area contributed by atoms with Crippen LogP contribution in [0.3, 0.4) is 0 Å². The lowest BCUT2D eigenvalue weighted by Crippen LogP contribution is -2.34. The van der Waals surface area contributed by atoms with Gasteiger partial charge in [0.05, 0.1) is 5.52 Å². The third-order valence-corrected chi connectivity index (χ3v) is 3.91. The maximum absolute atomic E-state index is 12.9. The Balaban J connectivity index is 1.64. The van der Waals surface area contributed by atoms with E-state index < -0.39 is 5.82 Å². The molecule has 0 saturated heterocycles. The highest BCUT2D eigenvalue weighted by Gasteiger charge is 2.15. The van der Waals surface area contributed by atoms with Crippen molar-refractivity contribution in [1.82, 2.24) is 20.3 Å². The van der Waals surface area contributed by atoms with E-state index >= 15 is 0 Å². The molecule has 1 aromatic heterocycles. The Morgan fingerprint density at radius 3 is 2.56 bits per heavy atom. The third-order valence-electron chi connectivity index (χ3n) is 3.91. The average Bonchev–Trinajstić information content (AvgIpc) is 2.96. The Labute approximate surface area is 143 Å². The molecule has 0 unspecified atom stereocenters. The molecule has 0 radical (unpaired) electrons. The number of aryl methyl sites for hydroxylation is 1. The number of carbonyl (C=O) groups excluding carboxylic acids is 2. The maximum atomic E-state index is 12.9. The molecular formula is C18H17FN4O2. The second-order valence-electron chi connectivity index (χ2n) is 5.93. The van der Waals surface area contributed by atoms with Crippen LogP contribution in [0.2, 0.25) is 0 Å². The van der Waals surface area contributed by atoms with Crippen molar-refractivity contribution in [2.75, 3.05) is 0 Å². The molecule has 3 aromatic rings. The summed E-state index contributed by atoms with van der Waals surface area (Å²) in [6, 6.07) is 10.1. The maximum Gasteiger partial charge on any atom is 0.251 e. The highest BCUT2D eigenvalue weighted by molar-refractivity contribution is 5.99. The highest BCUT2D eigenvalue weighted by atomic mass is 19.1. The first-order chi connectivity index (χ1) is 11.9. The average molecular weight is 340 g/mol. The van der Waals surface area contributed by atoms with Crippen LogP contribution < -0.4 is 5.32 Å². The number of rotatable bonds is 5. The van der Waals surface area contributed by atoms with Crippen LogP contribution in [-0.2, 0) is 7.05 Å². The second kappa shape index (κ2) is 6.80. The number of fused-ring (bicyclic) bond motifs is 1. The molecule has 0 fully saturated rings. The second-order valence-corrected chi connectivity index (χ2v) is 5.93. The number of hydrogen-bond donors (Lipinski definition) is 1. The van der Waals surface area contributed by atoms with Crippen LogP contribution in [0.1, 0.15) is 34.1 Å². The van der Waals surface area contributed by atoms with Gasteiger partial charge in [0.1, 0.15) is 11.3 Å². The highest BCUT2D eigenvalue weighted by Crippen LogP contribution is 2.13. The predicted molar refractivity (Wildman–Crippen MR) is 90.8 cm³/mol. The number of benzene rings is 2. The van der Waals surface area contributed by atoms with Gasteiger partial charge in [-0.2, -0.15) is 0 Å². The molecule has 3 rings (SSSR count). The molecule has 2 aromatic carbocycles. The van der Waals surface area contributed by atoms with Crippen molar-refractivity contribution in [3.05, 3.63) is 59.4 Å². The summed E-state index contributed by atoms with van der Waals surface area (Å²) in [6.45, 7) is 1.75. The first-order valence-electron chi connectivity index (χ1n) is 7.83. The predicted octanol–water partition coefficient (Wildman–Crippen LogP) is 2.50. The number of nitrogens with zero attached hydrogens (tertiary/aromatic N) is 3. The Bertz CT molecular complexity index is 934. The van der Waals surface area contributed by atoms with Gasteiger partial charge in [-0.25, -0.2) is 9.07 Å². The van der Waals surface area contributed by atoms with Gasteiger partial charge in [-0.15, -0.1) is 5.10 Å². The molecule has 6 nitrogen and oxygen atoms in total. The van der Waals surface area contributed by atoms with Crippen molar-refractivity contribution < 1.29 is 14.0 Å². The van der Waals surface area contributed by atoms with Crippen molar-refractivity contribution >= 4 is 22.7 Å². The van der Waals surface area contributed by atoms with E-state index in [0.717, 1.165) is 5.52 Å². The minimum atomic E-state index is -0.391. The number of nitrogens with one attached hydrogen (secondary N) is 1. The summed E-state index contributed by atoms with van der Waals surface area (Å²) < 4.78 is 14.5. The summed E-state index contributed by atoms with van der Waals surface area (Å²) >= 11 is 0. The SMILES string of the molecule is C[C@@H](CC(=O)c1ccc(F)cc1)NC(=O)c1ccc2c(c1)nnn2C. The van der Waals surface area contributed by atoms with E-state index in [0.29, 0.717) is 16.6 Å². The van der Waals surface area contributed by atoms with Gasteiger partial charge in [0.15, 0.2) is 5.78 Å². The molecule has 0 aliphatic rings. The molecule has 0 bridgehead atoms. The molecular weight excluding hydrogens is 323 g/mol. The minimum Gasteiger partial charge on any atom is -0.349 e. The number of Topliss-reactive ketones (excluding diaryl/α,β-unsaturated/α-hetero) is 1. The van der Waals surface area contributed by atoms with Crippen molar-refractivity contribution in [2.24, 2.45) is 7.05 Å². The fourth-order valence-corrected chi connectivity index (χ4v) is 2.57. The fraction of sp³-hybridized carbons (Fsp3) is 0.222. The summed E-state index contributed by atoms with van der Waals surface area (Å²) in [7, 11) is 1.78. The number of carbonyl (C=O) groups is 2. The molecule has 0 aliphatic heterocycles. The number of amides is 1. The van der Waals surface area contributed by atoms with Crippen LogP contribution in [0.5, 0.6) is 0 Å². The molecule has 1 amide bonds. The summed E-state index contributed by atoms with van der Waals surface area (Å²) in [5.41, 5.74) is 2.33. The van der Waals surface area contributed by atoms with E-state index in [9.17, 15) is 14.0 Å². The third kappa shape index (κ3) is 3.71. The van der Waals surface area contributed by atoms with Crippen LogP contribution in [0.15, 0.2) is 42.5 Å². The number of halogens is 1. The first-order valence-corrected chi connectivity index (χ1v) is 7.83. The van der Waals surface area contributed by atoms with E-state index in [1.165, 1.54) is 24.3 Å². The standard InChI is InChI=1S/C18H17FN4O2/c1-11(9-17(24)12-3-6-14(19)7-4-12)20-18(25)13-5-8-16-15(10-13)21-22-23(16)2/h3-8,10-11H,9H2,1-2H3,(H,20,25)/t11-/m0/s1. The van der Waals surface area contributed by atoms with E-state index in [2.05, 4.69) is 15.6 Å². The van der Waals surface area contributed by atoms with Crippen molar-refractivity contribution in [3.8, 4) is 0 Å². The Kier molecular flexibility index (Phi) is 4.56. The van der Waals surface area contributed by atoms with Crippen molar-refractivity contribution in [2.45, 2.75) is 19.4 Å². The van der Waals surface area contributed by atoms with Crippen LogP contribution in [0, 0.1) is 5.82 Å². The Morgan fingerprint density at radius 2 is 1.84 bits per heavy atom. The normalized spacial score (nSPS) is 12.1. The van der Waals surface area contributed by atoms with E-state index in [1.54, 1.807) is 36.9 Å². The minimum absolute atomic E-state index is 0.130. The zero-order valence-corrected chi connectivity index (χ0v) is 13.9. The van der Waals surface area contributed by atoms with Gasteiger partial charge in [-0.05, 0) is 49.4 Å². The number of aromatic nitrogens is 3. The smallest absolute Gasteiger partial charge is 0.251 e. The molecule has 0 spiro atoms. The zero-order chi connectivity index (χ0) is 18.0. The van der Waals surface area contributed by atoms with Gasteiger partial charge in [0, 0.05) is 30.6 Å². The summed E-state index contributed by atoms with van der Waals surface area (Å²) in [4.78, 5) is 24.5. The summed E-state index contributed by atoms with van der Waals surface area (Å²) in [6.07, 6.45) is 0.130. The van der Waals surface area contributed by atoms with Crippen LogP contribution in [0.25, 0.3) is 11.0 Å². The van der Waals surface area contributed by atoms with Crippen molar-refractivity contribution in [3.63, 3.8) is 0 Å². The van der Waals surface area contributed by atoms with Gasteiger partial charge in [-0.1, -0.05) is 5.21 Å². The lowest BCUT2D eigenvalue weighted by atomic mass is 10.0. The molecule has 0 saturated carbocycles. The van der Waals surface area contributed by atoms with Crippen LogP contribution in [0.4, 0.5) is 4.39 Å².